The van der Waals surface area contributed by atoms with Crippen molar-refractivity contribution in [3.8, 4) is 0 Å². The Morgan fingerprint density at radius 1 is 0.958 bits per heavy atom. The van der Waals surface area contributed by atoms with Crippen LogP contribution in [0.1, 0.15) is 45.6 Å². The molecule has 2 heterocycles. The van der Waals surface area contributed by atoms with E-state index in [4.69, 9.17) is 28.0 Å². The third kappa shape index (κ3) is 7.30. The Balaban J connectivity index is 1.71. The molecule has 4 rings (SSSR count). The number of nitrogens with zero attached hydrogens (tertiary/aromatic N) is 5. The molecule has 1 aliphatic heterocycles. The number of carbonyl (C=O) groups is 1. The van der Waals surface area contributed by atoms with Crippen molar-refractivity contribution >= 4 is 40.8 Å². The molecule has 1 amide bonds. The van der Waals surface area contributed by atoms with E-state index < -0.39 is 101 Å². The number of aromatic nitrogens is 3. The minimum Gasteiger partial charge on any atom is -0.374 e. The summed E-state index contributed by atoms with van der Waals surface area (Å²) in [5.41, 5.74) is -4.75. The van der Waals surface area contributed by atoms with E-state index >= 15 is 0 Å². The summed E-state index contributed by atoms with van der Waals surface area (Å²) in [6.07, 6.45) is -29.5. The fourth-order valence-electron chi connectivity index (χ4n) is 4.64. The number of alkyl halides is 12. The molecule has 262 valence electrons. The van der Waals surface area contributed by atoms with Crippen LogP contribution in [0.3, 0.4) is 0 Å². The van der Waals surface area contributed by atoms with Crippen molar-refractivity contribution < 1.29 is 62.3 Å². The van der Waals surface area contributed by atoms with Crippen molar-refractivity contribution in [1.29, 1.82) is 0 Å². The molecule has 0 fully saturated rings. The molecule has 2 aromatic carbocycles. The summed E-state index contributed by atoms with van der Waals surface area (Å²) >= 11 is 11.8. The molecule has 3 aromatic rings. The van der Waals surface area contributed by atoms with Crippen LogP contribution < -0.4 is 4.90 Å². The van der Waals surface area contributed by atoms with Gasteiger partial charge in [0.1, 0.15) is 5.82 Å². The number of oxime groups is 1. The number of hydrogen-bond acceptors (Lipinski definition) is 5. The van der Waals surface area contributed by atoms with Crippen LogP contribution in [-0.4, -0.2) is 64.3 Å². The Bertz CT molecular complexity index is 1670. The summed E-state index contributed by atoms with van der Waals surface area (Å²) in [5, 5.41) is 6.35. The maximum Gasteiger partial charge on any atom is 0.435 e. The monoisotopic (exact) mass is 743 g/mol. The lowest BCUT2D eigenvalue weighted by atomic mass is 9.86. The van der Waals surface area contributed by atoms with Gasteiger partial charge >= 0.3 is 6.18 Å². The van der Waals surface area contributed by atoms with Gasteiger partial charge in [-0.05, 0) is 48.4 Å². The molecule has 0 saturated carbocycles. The Labute approximate surface area is 272 Å². The molecular weight excluding hydrogens is 725 g/mol. The Morgan fingerprint density at radius 2 is 1.58 bits per heavy atom. The van der Waals surface area contributed by atoms with E-state index in [1.54, 1.807) is 0 Å². The minimum absolute atomic E-state index is 0.0802. The van der Waals surface area contributed by atoms with Crippen LogP contribution in [-0.2, 0) is 16.9 Å². The Kier molecular flexibility index (Phi) is 10.8. The van der Waals surface area contributed by atoms with Gasteiger partial charge in [-0.25, -0.2) is 49.1 Å². The molecule has 48 heavy (non-hydrogen) atoms. The first-order valence-electron chi connectivity index (χ1n) is 13.2. The number of benzene rings is 2. The number of rotatable bonds is 11. The van der Waals surface area contributed by atoms with Crippen molar-refractivity contribution in [3.05, 3.63) is 74.5 Å². The molecule has 21 heteroatoms. The quantitative estimate of drug-likeness (QED) is 0.146. The van der Waals surface area contributed by atoms with Crippen LogP contribution >= 0.6 is 23.2 Å². The summed E-state index contributed by atoms with van der Waals surface area (Å²) in [6.45, 7) is 1.15. The molecule has 1 aliphatic rings. The second kappa shape index (κ2) is 14.0. The van der Waals surface area contributed by atoms with Gasteiger partial charge in [0, 0.05) is 34.0 Å². The highest BCUT2D eigenvalue weighted by Gasteiger charge is 2.62. The summed E-state index contributed by atoms with van der Waals surface area (Å²) < 4.78 is 164. The van der Waals surface area contributed by atoms with E-state index in [0.717, 1.165) is 37.3 Å². The van der Waals surface area contributed by atoms with E-state index in [2.05, 4.69) is 15.2 Å². The standard InChI is InChI=1S/C27H19Cl2F12N5O2/c1-10-4-11(17-9-26(48-44-17,27(39,40)41)12-5-13(28)7-14(29)6-12)2-3-15(10)24(47)45(22(37)20(33)34)25-42-18(8-16(30)19(31)32)46(43-25)23(38)21(35)36/h2-7,16,19-23H,8-9H2,1H3. The fourth-order valence-corrected chi connectivity index (χ4v) is 5.16. The predicted molar refractivity (Wildman–Crippen MR) is 146 cm³/mol. The van der Waals surface area contributed by atoms with E-state index in [0.29, 0.717) is 0 Å². The first kappa shape index (κ1) is 37.1. The third-order valence-electron chi connectivity index (χ3n) is 6.98. The number of amides is 1. The highest BCUT2D eigenvalue weighted by molar-refractivity contribution is 6.34. The first-order chi connectivity index (χ1) is 22.3. The lowest BCUT2D eigenvalue weighted by Crippen LogP contribution is -2.43. The average molecular weight is 744 g/mol. The largest absolute Gasteiger partial charge is 0.435 e. The van der Waals surface area contributed by atoms with Crippen LogP contribution in [0.4, 0.5) is 58.6 Å². The number of anilines is 1. The van der Waals surface area contributed by atoms with Crippen molar-refractivity contribution in [3.63, 3.8) is 0 Å². The van der Waals surface area contributed by atoms with Crippen LogP contribution in [0.5, 0.6) is 0 Å². The highest BCUT2D eigenvalue weighted by Crippen LogP contribution is 2.49. The Morgan fingerprint density at radius 3 is 2.10 bits per heavy atom. The summed E-state index contributed by atoms with van der Waals surface area (Å²) in [4.78, 5) is 21.0. The van der Waals surface area contributed by atoms with Gasteiger partial charge in [0.2, 0.25) is 6.30 Å². The maximum absolute atomic E-state index is 14.8. The molecule has 0 spiro atoms. The van der Waals surface area contributed by atoms with Gasteiger partial charge in [-0.1, -0.05) is 34.4 Å². The van der Waals surface area contributed by atoms with Crippen LogP contribution in [0.2, 0.25) is 10.0 Å². The van der Waals surface area contributed by atoms with Gasteiger partial charge in [-0.3, -0.25) is 4.79 Å². The third-order valence-corrected chi connectivity index (χ3v) is 7.41. The first-order valence-corrected chi connectivity index (χ1v) is 14.0. The van der Waals surface area contributed by atoms with Crippen LogP contribution in [0.15, 0.2) is 41.6 Å². The summed E-state index contributed by atoms with van der Waals surface area (Å²) in [5.74, 6) is -4.48. The van der Waals surface area contributed by atoms with Gasteiger partial charge < -0.3 is 4.84 Å². The van der Waals surface area contributed by atoms with Crippen LogP contribution in [0.25, 0.3) is 0 Å². The zero-order valence-electron chi connectivity index (χ0n) is 23.7. The zero-order chi connectivity index (χ0) is 35.9. The maximum atomic E-state index is 14.8. The summed E-state index contributed by atoms with van der Waals surface area (Å²) in [6, 6.07) is 6.02. The van der Waals surface area contributed by atoms with Gasteiger partial charge in [-0.2, -0.15) is 18.2 Å². The average Bonchev–Trinajstić information content (AvgIpc) is 3.62. The van der Waals surface area contributed by atoms with Gasteiger partial charge in [0.25, 0.3) is 43.0 Å². The molecule has 0 saturated heterocycles. The smallest absolute Gasteiger partial charge is 0.374 e. The van der Waals surface area contributed by atoms with E-state index in [9.17, 15) is 57.5 Å². The van der Waals surface area contributed by atoms with Gasteiger partial charge in [0.15, 0.2) is 6.17 Å². The number of hydrogen-bond donors (Lipinski definition) is 0. The molecule has 0 aliphatic carbocycles. The predicted octanol–water partition coefficient (Wildman–Crippen LogP) is 8.56. The highest BCUT2D eigenvalue weighted by atomic mass is 35.5. The molecule has 7 nitrogen and oxygen atoms in total. The second-order valence-electron chi connectivity index (χ2n) is 10.2. The normalized spacial score (nSPS) is 18.7. The van der Waals surface area contributed by atoms with Crippen molar-refractivity contribution in [2.45, 2.75) is 69.6 Å². The molecular formula is C27H19Cl2F12N5O2. The summed E-state index contributed by atoms with van der Waals surface area (Å²) in [7, 11) is 0. The molecule has 0 radical (unpaired) electrons. The Hall–Kier alpha value is -3.74. The molecule has 4 atom stereocenters. The van der Waals surface area contributed by atoms with Crippen molar-refractivity contribution in [1.82, 2.24) is 14.8 Å². The lowest BCUT2D eigenvalue weighted by Gasteiger charge is -2.29. The fraction of sp³-hybridized carbons (Fsp3) is 0.407. The lowest BCUT2D eigenvalue weighted by molar-refractivity contribution is -0.275. The number of aryl methyl sites for hydroxylation is 1. The van der Waals surface area contributed by atoms with Gasteiger partial charge in [0.05, 0.1) is 5.71 Å². The van der Waals surface area contributed by atoms with Gasteiger partial charge in [-0.15, -0.1) is 5.10 Å². The number of carbonyl (C=O) groups excluding carboxylic acids is 1. The SMILES string of the molecule is Cc1cc(C2=NOC(c3cc(Cl)cc(Cl)c3)(C(F)(F)F)C2)ccc1C(=O)N(c1nc(CC(F)C(F)F)n(C(F)C(F)F)n1)C(F)C(F)F. The minimum atomic E-state index is -5.07. The molecule has 4 unspecified atom stereocenters. The number of halogens is 14. The van der Waals surface area contributed by atoms with E-state index in [1.807, 2.05) is 0 Å². The molecule has 0 bridgehead atoms. The second-order valence-corrected chi connectivity index (χ2v) is 11.1. The van der Waals surface area contributed by atoms with Crippen LogP contribution in [0, 0.1) is 6.92 Å². The van der Waals surface area contributed by atoms with Crippen molar-refractivity contribution in [2.24, 2.45) is 5.16 Å². The van der Waals surface area contributed by atoms with Crippen molar-refractivity contribution in [2.75, 3.05) is 4.90 Å². The van der Waals surface area contributed by atoms with E-state index in [1.165, 1.54) is 6.07 Å². The molecule has 1 aromatic heterocycles. The topological polar surface area (TPSA) is 72.6 Å². The zero-order valence-corrected chi connectivity index (χ0v) is 25.2. The molecule has 0 N–H and O–H groups in total. The van der Waals surface area contributed by atoms with E-state index in [-0.39, 0.29) is 26.9 Å².